The third kappa shape index (κ3) is 10.6. The Bertz CT molecular complexity index is 1890. The van der Waals surface area contributed by atoms with Gasteiger partial charge in [-0.1, -0.05) is 12.8 Å². The van der Waals surface area contributed by atoms with E-state index in [4.69, 9.17) is 20.3 Å². The minimum Gasteiger partial charge on any atom is -0.387 e. The minimum atomic E-state index is -5.80. The molecular formula is C22H32N9O17P3. The zero-order valence-corrected chi connectivity index (χ0v) is 28.5. The molecule has 1 saturated heterocycles. The lowest BCUT2D eigenvalue weighted by Gasteiger charge is -2.20. The summed E-state index contributed by atoms with van der Waals surface area (Å²) >= 11 is 0. The summed E-state index contributed by atoms with van der Waals surface area (Å²) in [6, 6.07) is 3.31. The number of nitrogen functional groups attached to an aromatic ring is 1. The molecule has 10 N–H and O–H groups in total. The summed E-state index contributed by atoms with van der Waals surface area (Å²) in [5.41, 5.74) is 5.41. The number of aliphatic hydroxyl groups is 2. The summed E-state index contributed by atoms with van der Waals surface area (Å²) in [4.78, 5) is 69.6. The number of nitro groups is 2. The Hall–Kier alpha value is -3.74. The van der Waals surface area contributed by atoms with Gasteiger partial charge in [0.05, 0.1) is 22.5 Å². The molecule has 3 aromatic rings. The van der Waals surface area contributed by atoms with Crippen LogP contribution in [0.1, 0.15) is 31.9 Å². The molecule has 0 radical (unpaired) electrons. The lowest BCUT2D eigenvalue weighted by molar-refractivity contribution is -0.393. The van der Waals surface area contributed by atoms with Crippen LogP contribution in [0.25, 0.3) is 11.2 Å². The van der Waals surface area contributed by atoms with Crippen LogP contribution in [0.15, 0.2) is 24.5 Å². The van der Waals surface area contributed by atoms with Crippen molar-refractivity contribution in [3.63, 3.8) is 0 Å². The van der Waals surface area contributed by atoms with E-state index in [0.29, 0.717) is 38.8 Å². The number of hydrogen-bond donors (Lipinski definition) is 9. The highest BCUT2D eigenvalue weighted by Gasteiger charge is 2.47. The summed E-state index contributed by atoms with van der Waals surface area (Å²) in [5, 5.41) is 49.6. The van der Waals surface area contributed by atoms with Crippen molar-refractivity contribution >= 4 is 63.5 Å². The summed E-state index contributed by atoms with van der Waals surface area (Å²) in [6.07, 6.45) is -2.97. The number of phosphoric acid groups is 3. The second kappa shape index (κ2) is 16.3. The molecule has 0 bridgehead atoms. The van der Waals surface area contributed by atoms with E-state index in [1.807, 2.05) is 0 Å². The van der Waals surface area contributed by atoms with Gasteiger partial charge in [0, 0.05) is 19.2 Å². The molecular weight excluding hydrogens is 755 g/mol. The van der Waals surface area contributed by atoms with E-state index in [0.717, 1.165) is 18.5 Å². The van der Waals surface area contributed by atoms with E-state index in [-0.39, 0.29) is 28.6 Å². The van der Waals surface area contributed by atoms with Crippen LogP contribution in [0.3, 0.4) is 0 Å². The lowest BCUT2D eigenvalue weighted by atomic mass is 10.1. The maximum absolute atomic E-state index is 12.1. The van der Waals surface area contributed by atoms with Crippen molar-refractivity contribution in [1.29, 1.82) is 0 Å². The first-order chi connectivity index (χ1) is 23.8. The molecule has 6 atom stereocenters. The number of aromatic nitrogens is 4. The summed E-state index contributed by atoms with van der Waals surface area (Å²) in [7, 11) is -17.0. The largest absolute Gasteiger partial charge is 0.490 e. The van der Waals surface area contributed by atoms with E-state index in [2.05, 4.69) is 38.7 Å². The van der Waals surface area contributed by atoms with E-state index in [9.17, 15) is 53.9 Å². The number of fused-ring (bicyclic) bond motifs is 1. The first-order valence-corrected chi connectivity index (χ1v) is 19.0. The van der Waals surface area contributed by atoms with Gasteiger partial charge in [0.25, 0.3) is 11.4 Å². The molecule has 2 aromatic heterocycles. The van der Waals surface area contributed by atoms with Crippen LogP contribution in [-0.2, 0) is 31.6 Å². The van der Waals surface area contributed by atoms with Crippen molar-refractivity contribution in [2.24, 2.45) is 0 Å². The smallest absolute Gasteiger partial charge is 0.387 e. The van der Waals surface area contributed by atoms with Gasteiger partial charge in [-0.2, -0.15) is 8.62 Å². The number of hydrogen-bond acceptors (Lipinski definition) is 19. The number of nitrogens with zero attached hydrogens (tertiary/aromatic N) is 6. The number of rotatable bonds is 19. The normalized spacial score (nSPS) is 21.6. The van der Waals surface area contributed by atoms with Crippen molar-refractivity contribution < 1.29 is 71.2 Å². The number of non-ortho nitro benzene ring substituents is 1. The minimum absolute atomic E-state index is 0.0418. The quantitative estimate of drug-likeness (QED) is 0.0357. The third-order valence-corrected chi connectivity index (χ3v) is 10.8. The Morgan fingerprint density at radius 3 is 2.22 bits per heavy atom. The van der Waals surface area contributed by atoms with Gasteiger partial charge in [-0.15, -0.1) is 0 Å². The second-order valence-electron chi connectivity index (χ2n) is 10.7. The topological polar surface area (TPSA) is 389 Å². The molecule has 1 aromatic carbocycles. The molecule has 0 amide bonds. The first kappa shape index (κ1) is 40.0. The first-order valence-electron chi connectivity index (χ1n) is 14.5. The lowest BCUT2D eigenvalue weighted by Crippen LogP contribution is -2.33. The van der Waals surface area contributed by atoms with Crippen LogP contribution in [0.4, 0.5) is 28.8 Å². The van der Waals surface area contributed by atoms with Crippen molar-refractivity contribution in [3.05, 3.63) is 44.8 Å². The number of anilines is 3. The predicted octanol–water partition coefficient (Wildman–Crippen LogP) is 1.27. The monoisotopic (exact) mass is 787 g/mol. The van der Waals surface area contributed by atoms with Crippen molar-refractivity contribution in [1.82, 2.24) is 19.5 Å². The Morgan fingerprint density at radius 2 is 1.59 bits per heavy atom. The van der Waals surface area contributed by atoms with Crippen LogP contribution in [-0.4, -0.2) is 97.2 Å². The molecule has 0 saturated carbocycles. The maximum atomic E-state index is 12.1. The van der Waals surface area contributed by atoms with Gasteiger partial charge in [-0.25, -0.2) is 28.6 Å². The van der Waals surface area contributed by atoms with E-state index >= 15 is 0 Å². The van der Waals surface area contributed by atoms with E-state index in [1.54, 1.807) is 0 Å². The van der Waals surface area contributed by atoms with Gasteiger partial charge in [-0.3, -0.25) is 29.3 Å². The summed E-state index contributed by atoms with van der Waals surface area (Å²) < 4.78 is 53.3. The molecule has 1 aliphatic heterocycles. The number of unbranched alkanes of at least 4 members (excludes halogenated alkanes) is 3. The summed E-state index contributed by atoms with van der Waals surface area (Å²) in [6.45, 7) is -0.391. The molecule has 1 aliphatic rings. The predicted molar refractivity (Wildman–Crippen MR) is 171 cm³/mol. The average Bonchev–Trinajstić information content (AvgIpc) is 3.52. The SMILES string of the molecule is Nc1ncnc2c1nc(NCCCCCCNc1ccc([N+](=O)[O-])cc1[N+](=O)[O-])n2[C@@H]1O[C@H](COP(=O)(O)OP(=O)(O)OP(=O)(O)O)[C@@H](O)[C@H]1O. The number of phosphoric ester groups is 1. The highest BCUT2D eigenvalue weighted by atomic mass is 31.3. The molecule has 2 unspecified atom stereocenters. The average molecular weight is 787 g/mol. The Kier molecular flexibility index (Phi) is 12.8. The van der Waals surface area contributed by atoms with Gasteiger partial charge in [0.2, 0.25) is 5.95 Å². The van der Waals surface area contributed by atoms with Crippen molar-refractivity contribution in [2.75, 3.05) is 36.1 Å². The van der Waals surface area contributed by atoms with Crippen LogP contribution in [0.2, 0.25) is 0 Å². The van der Waals surface area contributed by atoms with E-state index < -0.39 is 75.8 Å². The number of imidazole rings is 1. The molecule has 3 heterocycles. The highest BCUT2D eigenvalue weighted by molar-refractivity contribution is 7.66. The van der Waals surface area contributed by atoms with Gasteiger partial charge < -0.3 is 50.9 Å². The van der Waals surface area contributed by atoms with Crippen LogP contribution in [0.5, 0.6) is 0 Å². The number of nitro benzene ring substituents is 2. The third-order valence-electron chi connectivity index (χ3n) is 7.01. The highest BCUT2D eigenvalue weighted by Crippen LogP contribution is 2.66. The van der Waals surface area contributed by atoms with Crippen LogP contribution < -0.4 is 16.4 Å². The Labute approximate surface area is 285 Å². The molecule has 29 heteroatoms. The Balaban J connectivity index is 1.34. The number of aliphatic hydroxyl groups excluding tert-OH is 2. The van der Waals surface area contributed by atoms with Gasteiger partial charge in [0.1, 0.15) is 30.3 Å². The number of benzene rings is 1. The standard InChI is InChI=1S/C22H32N9O17P3/c23-19-16-20(27-11-26-19)29(21-18(33)17(32)15(46-21)10-45-50(41,42)48-51(43,44)47-49(38,39)40)22(28-16)25-8-4-2-1-3-7-24-13-6-5-12(30(34)35)9-14(13)31(36)37/h5-6,9,11,15,17-18,21,24,32-33H,1-4,7-8,10H2,(H,25,28)(H,41,42)(H,43,44)(H2,23,26,27)(H2,38,39,40)/t15-,17-,18-,21-/m1/s1. The van der Waals surface area contributed by atoms with Crippen molar-refractivity contribution in [2.45, 2.75) is 50.2 Å². The fourth-order valence-electron chi connectivity index (χ4n) is 4.80. The Morgan fingerprint density at radius 1 is 0.922 bits per heavy atom. The van der Waals surface area contributed by atoms with Crippen LogP contribution >= 0.6 is 23.5 Å². The summed E-state index contributed by atoms with van der Waals surface area (Å²) in [5.74, 6) is 0.0222. The molecule has 282 valence electrons. The molecule has 0 spiro atoms. The number of nitrogens with two attached hydrogens (primary N) is 1. The van der Waals surface area contributed by atoms with Gasteiger partial charge >= 0.3 is 23.5 Å². The van der Waals surface area contributed by atoms with E-state index in [1.165, 1.54) is 10.6 Å². The maximum Gasteiger partial charge on any atom is 0.490 e. The van der Waals surface area contributed by atoms with Crippen molar-refractivity contribution in [3.8, 4) is 0 Å². The second-order valence-corrected chi connectivity index (χ2v) is 15.1. The molecule has 26 nitrogen and oxygen atoms in total. The number of nitrogens with one attached hydrogen (secondary N) is 2. The molecule has 1 fully saturated rings. The zero-order valence-electron chi connectivity index (χ0n) is 25.8. The fraction of sp³-hybridized carbons (Fsp3) is 0.500. The zero-order chi connectivity index (χ0) is 37.7. The van der Waals surface area contributed by atoms with Gasteiger partial charge in [0.15, 0.2) is 23.2 Å². The molecule has 4 rings (SSSR count). The van der Waals surface area contributed by atoms with Crippen LogP contribution in [0, 0.1) is 20.2 Å². The molecule has 0 aliphatic carbocycles. The number of ether oxygens (including phenoxy) is 1. The fourth-order valence-corrected chi connectivity index (χ4v) is 7.83. The molecule has 51 heavy (non-hydrogen) atoms. The van der Waals surface area contributed by atoms with Gasteiger partial charge in [-0.05, 0) is 18.9 Å².